The van der Waals surface area contributed by atoms with Gasteiger partial charge in [-0.25, -0.2) is 0 Å². The minimum absolute atomic E-state index is 0.352. The number of rotatable bonds is 3. The molecule has 2 N–H and O–H groups in total. The van der Waals surface area contributed by atoms with Gasteiger partial charge in [0.15, 0.2) is 0 Å². The van der Waals surface area contributed by atoms with Crippen molar-refractivity contribution in [1.29, 1.82) is 5.26 Å². The van der Waals surface area contributed by atoms with Crippen LogP contribution in [0.4, 0.5) is 0 Å². The molecule has 8 heteroatoms. The second kappa shape index (κ2) is 7.28. The van der Waals surface area contributed by atoms with Crippen molar-refractivity contribution in [3.05, 3.63) is 64.5 Å². The fourth-order valence-corrected chi connectivity index (χ4v) is 3.95. The number of nitrogens with one attached hydrogen (secondary N) is 1. The minimum atomic E-state index is -1.02. The van der Waals surface area contributed by atoms with E-state index in [1.54, 1.807) is 32.0 Å². The summed E-state index contributed by atoms with van der Waals surface area (Å²) < 4.78 is 9.83. The van der Waals surface area contributed by atoms with Crippen LogP contribution in [0.5, 0.6) is 5.75 Å². The van der Waals surface area contributed by atoms with Crippen molar-refractivity contribution in [1.82, 2.24) is 14.9 Å². The molecule has 0 aliphatic carbocycles. The number of hydrogen-bond acceptors (Lipinski definition) is 7. The fraction of sp³-hybridized carbons (Fsp3) is 0.238. The van der Waals surface area contributed by atoms with E-state index < -0.39 is 23.7 Å². The highest BCUT2D eigenvalue weighted by Crippen LogP contribution is 2.40. The van der Waals surface area contributed by atoms with Crippen LogP contribution >= 0.6 is 11.5 Å². The van der Waals surface area contributed by atoms with Crippen LogP contribution in [0.25, 0.3) is 11.3 Å². The van der Waals surface area contributed by atoms with Crippen LogP contribution in [-0.4, -0.2) is 32.3 Å². The third-order valence-electron chi connectivity index (χ3n) is 4.90. The van der Waals surface area contributed by atoms with Crippen LogP contribution in [-0.2, 0) is 0 Å². The molecule has 0 saturated carbocycles. The number of carbonyl (C=O) groups excluding carboxylic acids is 1. The molecule has 2 heterocycles. The van der Waals surface area contributed by atoms with Gasteiger partial charge < -0.3 is 15.2 Å². The van der Waals surface area contributed by atoms with Gasteiger partial charge in [-0.3, -0.25) is 4.79 Å². The summed E-state index contributed by atoms with van der Waals surface area (Å²) in [4.78, 5) is 13.4. The third kappa shape index (κ3) is 3.46. The van der Waals surface area contributed by atoms with E-state index in [9.17, 15) is 15.2 Å². The Labute approximate surface area is 171 Å². The maximum Gasteiger partial charge on any atom is 0.265 e. The Morgan fingerprint density at radius 2 is 2.03 bits per heavy atom. The van der Waals surface area contributed by atoms with E-state index in [1.807, 2.05) is 30.3 Å². The Kier molecular flexibility index (Phi) is 4.78. The Bertz CT molecular complexity index is 1100. The molecule has 1 aromatic heterocycles. The summed E-state index contributed by atoms with van der Waals surface area (Å²) in [6, 6.07) is 15.6. The van der Waals surface area contributed by atoms with Crippen molar-refractivity contribution in [2.24, 2.45) is 0 Å². The quantitative estimate of drug-likeness (QED) is 0.692. The van der Waals surface area contributed by atoms with Gasteiger partial charge in [-0.1, -0.05) is 34.8 Å². The second-order valence-electron chi connectivity index (χ2n) is 7.28. The summed E-state index contributed by atoms with van der Waals surface area (Å²) in [5, 5.41) is 27.1. The molecule has 0 saturated heterocycles. The summed E-state index contributed by atoms with van der Waals surface area (Å²) in [7, 11) is 0. The van der Waals surface area contributed by atoms with E-state index in [2.05, 4.69) is 21.0 Å². The molecule has 3 aromatic rings. The Balaban J connectivity index is 1.70. The van der Waals surface area contributed by atoms with E-state index in [0.717, 1.165) is 17.1 Å². The maximum absolute atomic E-state index is 13.1. The number of aromatic nitrogens is 2. The molecule has 1 amide bonds. The second-order valence-corrected chi connectivity index (χ2v) is 8.04. The van der Waals surface area contributed by atoms with E-state index in [4.69, 9.17) is 4.74 Å². The van der Waals surface area contributed by atoms with Crippen molar-refractivity contribution in [3.8, 4) is 23.1 Å². The van der Waals surface area contributed by atoms with Crippen molar-refractivity contribution >= 4 is 17.4 Å². The summed E-state index contributed by atoms with van der Waals surface area (Å²) in [6.45, 7) is 3.50. The number of aliphatic hydroxyl groups excluding tert-OH is 1. The van der Waals surface area contributed by atoms with Crippen molar-refractivity contribution in [2.45, 2.75) is 31.6 Å². The zero-order valence-electron chi connectivity index (χ0n) is 15.8. The van der Waals surface area contributed by atoms with Crippen LogP contribution in [0.2, 0.25) is 0 Å². The number of nitrogens with zero attached hydrogens (tertiary/aromatic N) is 3. The maximum atomic E-state index is 13.1. The highest BCUT2D eigenvalue weighted by Gasteiger charge is 2.44. The molecule has 2 unspecified atom stereocenters. The normalized spacial score (nSPS) is 19.5. The molecule has 0 fully saturated rings. The fourth-order valence-electron chi connectivity index (χ4n) is 3.36. The lowest BCUT2D eigenvalue weighted by Crippen LogP contribution is -2.53. The number of benzene rings is 2. The number of fused-ring (bicyclic) bond motifs is 1. The van der Waals surface area contributed by atoms with Crippen molar-refractivity contribution < 1.29 is 14.6 Å². The summed E-state index contributed by atoms with van der Waals surface area (Å²) in [6.07, 6.45) is -1.02. The molecule has 29 heavy (non-hydrogen) atoms. The summed E-state index contributed by atoms with van der Waals surface area (Å²) >= 11 is 0.993. The monoisotopic (exact) mass is 406 g/mol. The predicted octanol–water partition coefficient (Wildman–Crippen LogP) is 3.08. The summed E-state index contributed by atoms with van der Waals surface area (Å²) in [5.74, 6) is 0.129. The topological polar surface area (TPSA) is 108 Å². The lowest BCUT2D eigenvalue weighted by Gasteiger charge is -2.42. The molecular weight excluding hydrogens is 388 g/mol. The van der Waals surface area contributed by atoms with Gasteiger partial charge >= 0.3 is 0 Å². The molecule has 1 aliphatic rings. The first kappa shape index (κ1) is 19.1. The lowest BCUT2D eigenvalue weighted by atomic mass is 9.86. The number of hydrogen-bond donors (Lipinski definition) is 2. The van der Waals surface area contributed by atoms with Crippen LogP contribution < -0.4 is 10.1 Å². The standard InChI is InChI=1S/C21H18N4O3S/c1-21(2)19(26)17(14-10-12(11-22)8-9-15(14)28-21)23-20(27)18-16(24-25-29-18)13-6-4-3-5-7-13/h3-10,17,19,26H,1-2H3,(H,23,27). The largest absolute Gasteiger partial charge is 0.485 e. The first-order valence-corrected chi connectivity index (χ1v) is 9.78. The lowest BCUT2D eigenvalue weighted by molar-refractivity contribution is -0.0627. The molecule has 146 valence electrons. The molecule has 2 aromatic carbocycles. The van der Waals surface area contributed by atoms with Gasteiger partial charge in [-0.2, -0.15) is 5.26 Å². The first-order chi connectivity index (χ1) is 13.9. The number of nitriles is 1. The zero-order valence-corrected chi connectivity index (χ0v) is 16.6. The molecule has 2 atom stereocenters. The van der Waals surface area contributed by atoms with Gasteiger partial charge in [0.05, 0.1) is 17.7 Å². The molecule has 1 aliphatic heterocycles. The molecule has 0 radical (unpaired) electrons. The van der Waals surface area contributed by atoms with Crippen LogP contribution in [0.1, 0.15) is 40.7 Å². The average Bonchev–Trinajstić information content (AvgIpc) is 3.21. The Morgan fingerprint density at radius 1 is 1.28 bits per heavy atom. The Hall–Kier alpha value is -3.28. The van der Waals surface area contributed by atoms with Gasteiger partial charge in [0.1, 0.15) is 28.0 Å². The van der Waals surface area contributed by atoms with Crippen molar-refractivity contribution in [3.63, 3.8) is 0 Å². The van der Waals surface area contributed by atoms with E-state index in [0.29, 0.717) is 27.4 Å². The molecule has 0 spiro atoms. The van der Waals surface area contributed by atoms with Crippen LogP contribution in [0, 0.1) is 11.3 Å². The number of amides is 1. The number of aliphatic hydroxyl groups is 1. The predicted molar refractivity (Wildman–Crippen MR) is 107 cm³/mol. The van der Waals surface area contributed by atoms with Crippen LogP contribution in [0.15, 0.2) is 48.5 Å². The van der Waals surface area contributed by atoms with E-state index in [-0.39, 0.29) is 0 Å². The summed E-state index contributed by atoms with van der Waals surface area (Å²) in [5.41, 5.74) is 1.32. The SMILES string of the molecule is CC1(C)Oc2ccc(C#N)cc2C(NC(=O)c2snnc2-c2ccccc2)C1O. The van der Waals surface area contributed by atoms with Gasteiger partial charge in [0, 0.05) is 11.1 Å². The Morgan fingerprint density at radius 3 is 2.76 bits per heavy atom. The van der Waals surface area contributed by atoms with Crippen molar-refractivity contribution in [2.75, 3.05) is 0 Å². The van der Waals surface area contributed by atoms with Gasteiger partial charge in [-0.15, -0.1) is 5.10 Å². The number of carbonyl (C=O) groups is 1. The first-order valence-electron chi connectivity index (χ1n) is 9.00. The zero-order chi connectivity index (χ0) is 20.6. The smallest absolute Gasteiger partial charge is 0.265 e. The third-order valence-corrected chi connectivity index (χ3v) is 5.63. The molecular formula is C21H18N4O3S. The minimum Gasteiger partial charge on any atom is -0.485 e. The van der Waals surface area contributed by atoms with Gasteiger partial charge in [-0.05, 0) is 43.6 Å². The highest BCUT2D eigenvalue weighted by atomic mass is 32.1. The van der Waals surface area contributed by atoms with E-state index in [1.165, 1.54) is 0 Å². The van der Waals surface area contributed by atoms with Crippen LogP contribution in [0.3, 0.4) is 0 Å². The number of ether oxygens (including phenoxy) is 1. The van der Waals surface area contributed by atoms with Gasteiger partial charge in [0.25, 0.3) is 5.91 Å². The molecule has 7 nitrogen and oxygen atoms in total. The van der Waals surface area contributed by atoms with Gasteiger partial charge in [0.2, 0.25) is 0 Å². The molecule has 0 bridgehead atoms. The average molecular weight is 406 g/mol. The highest BCUT2D eigenvalue weighted by molar-refractivity contribution is 7.08. The van der Waals surface area contributed by atoms with E-state index >= 15 is 0 Å². The molecule has 4 rings (SSSR count).